The molecule has 0 spiro atoms. The van der Waals surface area contributed by atoms with E-state index in [4.69, 9.17) is 0 Å². The Bertz CT molecular complexity index is 254. The maximum atomic E-state index is 12.1. The summed E-state index contributed by atoms with van der Waals surface area (Å²) in [6.07, 6.45) is 4.73. The van der Waals surface area contributed by atoms with Crippen LogP contribution in [0.2, 0.25) is 0 Å². The molecule has 4 rings (SSSR count). The average Bonchev–Trinajstić information content (AvgIpc) is 3.11. The molecular formula is C12H20N2O. The summed E-state index contributed by atoms with van der Waals surface area (Å²) in [5.41, 5.74) is 0. The summed E-state index contributed by atoms with van der Waals surface area (Å²) < 4.78 is 0. The highest BCUT2D eigenvalue weighted by Gasteiger charge is 2.36. The quantitative estimate of drug-likeness (QED) is 0.681. The van der Waals surface area contributed by atoms with E-state index in [2.05, 4.69) is 9.80 Å². The molecule has 1 aliphatic carbocycles. The van der Waals surface area contributed by atoms with Crippen molar-refractivity contribution in [2.75, 3.05) is 32.7 Å². The predicted octanol–water partition coefficient (Wildman–Crippen LogP) is 0.745. The first-order chi connectivity index (χ1) is 7.33. The molecule has 15 heavy (non-hydrogen) atoms. The van der Waals surface area contributed by atoms with Crippen LogP contribution in [0.5, 0.6) is 0 Å². The number of nitrogens with zero attached hydrogens (tertiary/aromatic N) is 2. The number of fused-ring (bicyclic) bond motifs is 3. The van der Waals surface area contributed by atoms with Crippen molar-refractivity contribution in [3.63, 3.8) is 0 Å². The predicted molar refractivity (Wildman–Crippen MR) is 58.8 cm³/mol. The number of carbonyl (C=O) groups excluding carboxylic acids is 1. The van der Waals surface area contributed by atoms with Crippen LogP contribution in [0, 0.1) is 5.92 Å². The molecule has 3 nitrogen and oxygen atoms in total. The second kappa shape index (κ2) is 3.87. The second-order valence-electron chi connectivity index (χ2n) is 5.30. The van der Waals surface area contributed by atoms with Crippen LogP contribution in [0.1, 0.15) is 25.7 Å². The fourth-order valence-corrected chi connectivity index (χ4v) is 2.84. The third kappa shape index (κ3) is 2.08. The number of Topliss-reactive ketones (excluding diaryl/α,β-unsaturated/α-hetero) is 1. The summed E-state index contributed by atoms with van der Waals surface area (Å²) in [7, 11) is 0. The van der Waals surface area contributed by atoms with Gasteiger partial charge in [-0.05, 0) is 12.3 Å². The van der Waals surface area contributed by atoms with E-state index in [9.17, 15) is 4.79 Å². The Morgan fingerprint density at radius 1 is 1.13 bits per heavy atom. The highest BCUT2D eigenvalue weighted by Crippen LogP contribution is 2.34. The third-order valence-electron chi connectivity index (χ3n) is 4.15. The van der Waals surface area contributed by atoms with Gasteiger partial charge in [-0.1, -0.05) is 12.8 Å². The molecule has 4 fully saturated rings. The van der Waals surface area contributed by atoms with Crippen LogP contribution in [0.4, 0.5) is 0 Å². The number of rotatable bonds is 4. The van der Waals surface area contributed by atoms with Crippen molar-refractivity contribution >= 4 is 5.78 Å². The first-order valence-electron chi connectivity index (χ1n) is 6.32. The Morgan fingerprint density at radius 2 is 1.87 bits per heavy atom. The van der Waals surface area contributed by atoms with Gasteiger partial charge >= 0.3 is 0 Å². The van der Waals surface area contributed by atoms with Crippen LogP contribution in [0.25, 0.3) is 0 Å². The van der Waals surface area contributed by atoms with Gasteiger partial charge in [0, 0.05) is 39.1 Å². The molecule has 0 radical (unpaired) electrons. The van der Waals surface area contributed by atoms with E-state index in [1.54, 1.807) is 0 Å². The molecule has 0 aromatic carbocycles. The standard InChI is InChI=1S/C12H20N2O/c15-12(4-3-10-1-2-10)11-9-13-5-7-14(11)8-6-13/h10-11H,1-9H2. The lowest BCUT2D eigenvalue weighted by Crippen LogP contribution is -2.63. The molecule has 3 heteroatoms. The molecule has 3 aliphatic heterocycles. The zero-order chi connectivity index (χ0) is 10.3. The molecule has 1 unspecified atom stereocenters. The minimum atomic E-state index is 0.242. The summed E-state index contributed by atoms with van der Waals surface area (Å²) in [4.78, 5) is 16.9. The smallest absolute Gasteiger partial charge is 0.151 e. The van der Waals surface area contributed by atoms with Crippen molar-refractivity contribution in [1.29, 1.82) is 0 Å². The molecule has 0 N–H and O–H groups in total. The molecular weight excluding hydrogens is 188 g/mol. The number of piperazine rings is 3. The van der Waals surface area contributed by atoms with Gasteiger partial charge in [-0.25, -0.2) is 0 Å². The number of carbonyl (C=O) groups is 1. The Labute approximate surface area is 91.4 Å². The maximum absolute atomic E-state index is 12.1. The molecule has 1 saturated carbocycles. The number of hydrogen-bond acceptors (Lipinski definition) is 3. The lowest BCUT2D eigenvalue weighted by atomic mass is 9.99. The molecule has 0 aromatic heterocycles. The van der Waals surface area contributed by atoms with Gasteiger partial charge in [0.15, 0.2) is 5.78 Å². The molecule has 3 saturated heterocycles. The zero-order valence-electron chi connectivity index (χ0n) is 9.32. The van der Waals surface area contributed by atoms with E-state index in [1.807, 2.05) is 0 Å². The molecule has 3 heterocycles. The summed E-state index contributed by atoms with van der Waals surface area (Å²) in [5.74, 6) is 1.40. The average molecular weight is 208 g/mol. The van der Waals surface area contributed by atoms with Crippen molar-refractivity contribution in [3.8, 4) is 0 Å². The van der Waals surface area contributed by atoms with Gasteiger partial charge in [0.1, 0.15) is 0 Å². The highest BCUT2D eigenvalue weighted by atomic mass is 16.1. The first kappa shape index (κ1) is 9.79. The molecule has 1 atom stereocenters. The van der Waals surface area contributed by atoms with Crippen molar-refractivity contribution in [1.82, 2.24) is 9.80 Å². The fourth-order valence-electron chi connectivity index (χ4n) is 2.84. The van der Waals surface area contributed by atoms with E-state index in [0.29, 0.717) is 5.78 Å². The van der Waals surface area contributed by atoms with Crippen molar-refractivity contribution in [2.45, 2.75) is 31.7 Å². The molecule has 0 aromatic rings. The van der Waals surface area contributed by atoms with Crippen LogP contribution in [-0.4, -0.2) is 54.3 Å². The van der Waals surface area contributed by atoms with Gasteiger partial charge in [0.2, 0.25) is 0 Å². The largest absolute Gasteiger partial charge is 0.299 e. The van der Waals surface area contributed by atoms with Crippen molar-refractivity contribution in [3.05, 3.63) is 0 Å². The van der Waals surface area contributed by atoms with Crippen LogP contribution >= 0.6 is 0 Å². The summed E-state index contributed by atoms with van der Waals surface area (Å²) in [5, 5.41) is 0. The Kier molecular flexibility index (Phi) is 2.53. The monoisotopic (exact) mass is 208 g/mol. The van der Waals surface area contributed by atoms with E-state index >= 15 is 0 Å². The lowest BCUT2D eigenvalue weighted by Gasteiger charge is -2.46. The number of hydrogen-bond donors (Lipinski definition) is 0. The first-order valence-corrected chi connectivity index (χ1v) is 6.32. The normalized spacial score (nSPS) is 39.3. The van der Waals surface area contributed by atoms with Crippen LogP contribution in [-0.2, 0) is 4.79 Å². The molecule has 84 valence electrons. The Hall–Kier alpha value is -0.410. The van der Waals surface area contributed by atoms with Gasteiger partial charge in [0.25, 0.3) is 0 Å². The SMILES string of the molecule is O=C(CCC1CC1)C1CN2CCN1CC2. The maximum Gasteiger partial charge on any atom is 0.151 e. The molecule has 4 aliphatic rings. The van der Waals surface area contributed by atoms with E-state index in [-0.39, 0.29) is 6.04 Å². The molecule has 0 amide bonds. The summed E-state index contributed by atoms with van der Waals surface area (Å²) in [6, 6.07) is 0.242. The number of ketones is 1. The van der Waals surface area contributed by atoms with E-state index in [1.165, 1.54) is 25.9 Å². The van der Waals surface area contributed by atoms with Crippen LogP contribution < -0.4 is 0 Å². The summed E-state index contributed by atoms with van der Waals surface area (Å²) >= 11 is 0. The Balaban J connectivity index is 1.54. The van der Waals surface area contributed by atoms with Crippen LogP contribution in [0.15, 0.2) is 0 Å². The minimum Gasteiger partial charge on any atom is -0.299 e. The third-order valence-corrected chi connectivity index (χ3v) is 4.15. The second-order valence-corrected chi connectivity index (χ2v) is 5.30. The minimum absolute atomic E-state index is 0.242. The topological polar surface area (TPSA) is 23.6 Å². The van der Waals surface area contributed by atoms with Gasteiger partial charge in [0.05, 0.1) is 6.04 Å². The van der Waals surface area contributed by atoms with E-state index in [0.717, 1.165) is 38.4 Å². The van der Waals surface area contributed by atoms with Gasteiger partial charge in [-0.15, -0.1) is 0 Å². The van der Waals surface area contributed by atoms with Gasteiger partial charge in [-0.2, -0.15) is 0 Å². The van der Waals surface area contributed by atoms with E-state index < -0.39 is 0 Å². The molecule has 2 bridgehead atoms. The van der Waals surface area contributed by atoms with Crippen molar-refractivity contribution in [2.24, 2.45) is 5.92 Å². The Morgan fingerprint density at radius 3 is 2.40 bits per heavy atom. The zero-order valence-corrected chi connectivity index (χ0v) is 9.32. The van der Waals surface area contributed by atoms with Gasteiger partial charge < -0.3 is 0 Å². The summed E-state index contributed by atoms with van der Waals surface area (Å²) in [6.45, 7) is 5.57. The van der Waals surface area contributed by atoms with Gasteiger partial charge in [-0.3, -0.25) is 14.6 Å². The lowest BCUT2D eigenvalue weighted by molar-refractivity contribution is -0.129. The highest BCUT2D eigenvalue weighted by molar-refractivity contribution is 5.84. The van der Waals surface area contributed by atoms with Crippen LogP contribution in [0.3, 0.4) is 0 Å². The van der Waals surface area contributed by atoms with Crippen molar-refractivity contribution < 1.29 is 4.79 Å². The fraction of sp³-hybridized carbons (Fsp3) is 0.917.